The quantitative estimate of drug-likeness (QED) is 0.831. The van der Waals surface area contributed by atoms with Crippen LogP contribution in [0.3, 0.4) is 0 Å². The number of nitrogens with zero attached hydrogens (tertiary/aromatic N) is 1. The van der Waals surface area contributed by atoms with E-state index in [2.05, 4.69) is 9.88 Å². The molecule has 7 heteroatoms. The Bertz CT molecular complexity index is 755. The minimum absolute atomic E-state index is 0. The van der Waals surface area contributed by atoms with Crippen molar-refractivity contribution < 1.29 is 19.0 Å². The number of piperidine rings is 3. The van der Waals surface area contributed by atoms with Crippen LogP contribution in [0.4, 0.5) is 4.39 Å². The van der Waals surface area contributed by atoms with Crippen LogP contribution in [0.2, 0.25) is 0 Å². The first-order valence-corrected chi connectivity index (χ1v) is 7.95. The number of hydrogen-bond acceptors (Lipinski definition) is 4. The molecule has 1 aromatic carbocycles. The summed E-state index contributed by atoms with van der Waals surface area (Å²) in [5.74, 6) is -1.62. The van der Waals surface area contributed by atoms with E-state index >= 15 is 0 Å². The number of aromatic nitrogens is 1. The second-order valence-electron chi connectivity index (χ2n) is 6.72. The third-order valence-electron chi connectivity index (χ3n) is 5.35. The molecule has 0 radical (unpaired) electrons. The van der Waals surface area contributed by atoms with Crippen LogP contribution in [-0.2, 0) is 4.74 Å². The number of hydrogen-bond donors (Lipinski definition) is 2. The number of carbonyl (C=O) groups excluding carboxylic acids is 1. The average molecular weight is 355 g/mol. The molecule has 2 N–H and O–H groups in total. The Morgan fingerprint density at radius 2 is 1.96 bits per heavy atom. The maximum absolute atomic E-state index is 13.5. The van der Waals surface area contributed by atoms with Crippen molar-refractivity contribution in [3.8, 4) is 5.75 Å². The smallest absolute Gasteiger partial charge is 0.340 e. The van der Waals surface area contributed by atoms with Gasteiger partial charge in [-0.3, -0.25) is 0 Å². The van der Waals surface area contributed by atoms with Crippen LogP contribution < -0.4 is 0 Å². The third-order valence-corrected chi connectivity index (χ3v) is 5.35. The van der Waals surface area contributed by atoms with E-state index in [0.29, 0.717) is 23.1 Å². The molecule has 3 aliphatic rings. The number of esters is 1. The molecule has 0 amide bonds. The fourth-order valence-electron chi connectivity index (χ4n) is 3.71. The summed E-state index contributed by atoms with van der Waals surface area (Å²) in [6.07, 6.45) is 4.71. The summed E-state index contributed by atoms with van der Waals surface area (Å²) < 4.78 is 19.1. The lowest BCUT2D eigenvalue weighted by atomic mass is 9.73. The molecule has 5 rings (SSSR count). The molecule has 3 aliphatic heterocycles. The van der Waals surface area contributed by atoms with Gasteiger partial charge in [0.25, 0.3) is 0 Å². The summed E-state index contributed by atoms with van der Waals surface area (Å²) in [6.45, 7) is 3.66. The molecule has 0 unspecified atom stereocenters. The molecule has 1 aromatic heterocycles. The van der Waals surface area contributed by atoms with E-state index in [1.54, 1.807) is 0 Å². The highest BCUT2D eigenvalue weighted by Crippen LogP contribution is 2.40. The zero-order chi connectivity index (χ0) is 16.0. The van der Waals surface area contributed by atoms with Crippen molar-refractivity contribution in [1.82, 2.24) is 9.88 Å². The van der Waals surface area contributed by atoms with Gasteiger partial charge in [-0.25, -0.2) is 9.18 Å². The molecule has 4 heterocycles. The molecule has 3 fully saturated rings. The van der Waals surface area contributed by atoms with Crippen molar-refractivity contribution in [1.29, 1.82) is 0 Å². The number of carbonyl (C=O) groups is 1. The SMILES string of the molecule is Cl.O=C(OCC12CCN(CC1)CC2)c1c[nH]c2cc(O)c(F)cc12. The van der Waals surface area contributed by atoms with Crippen LogP contribution in [0.15, 0.2) is 18.3 Å². The Morgan fingerprint density at radius 3 is 2.62 bits per heavy atom. The Balaban J connectivity index is 0.00000169. The van der Waals surface area contributed by atoms with Crippen molar-refractivity contribution >= 4 is 29.3 Å². The highest BCUT2D eigenvalue weighted by molar-refractivity contribution is 6.04. The minimum atomic E-state index is -0.746. The standard InChI is InChI=1S/C17H19FN2O3.ClH/c18-13-7-11-12(9-19-14(11)8-15(13)21)16(22)23-10-17-1-4-20(5-2-17)6-3-17;/h7-9,19,21H,1-6,10H2;1H. The molecule has 24 heavy (non-hydrogen) atoms. The largest absolute Gasteiger partial charge is 0.505 e. The van der Waals surface area contributed by atoms with Gasteiger partial charge >= 0.3 is 5.97 Å². The predicted octanol–water partition coefficient (Wildman–Crippen LogP) is 3.08. The fraction of sp³-hybridized carbons (Fsp3) is 0.471. The van der Waals surface area contributed by atoms with Gasteiger partial charge in [0.2, 0.25) is 0 Å². The van der Waals surface area contributed by atoms with Crippen LogP contribution in [0, 0.1) is 11.2 Å². The lowest BCUT2D eigenvalue weighted by Gasteiger charge is -2.47. The summed E-state index contributed by atoms with van der Waals surface area (Å²) in [6, 6.07) is 2.44. The van der Waals surface area contributed by atoms with Gasteiger partial charge in [0.15, 0.2) is 11.6 Å². The van der Waals surface area contributed by atoms with Gasteiger partial charge in [-0.05, 0) is 45.0 Å². The van der Waals surface area contributed by atoms with Crippen LogP contribution >= 0.6 is 12.4 Å². The highest BCUT2D eigenvalue weighted by Gasteiger charge is 2.40. The van der Waals surface area contributed by atoms with E-state index in [9.17, 15) is 14.3 Å². The van der Waals surface area contributed by atoms with Crippen molar-refractivity contribution in [2.75, 3.05) is 26.2 Å². The molecular formula is C17H20ClFN2O3. The molecule has 0 atom stereocenters. The first kappa shape index (κ1) is 17.0. The van der Waals surface area contributed by atoms with Gasteiger partial charge in [0.05, 0.1) is 17.7 Å². The van der Waals surface area contributed by atoms with Crippen molar-refractivity contribution in [2.45, 2.75) is 19.3 Å². The van der Waals surface area contributed by atoms with Gasteiger partial charge in [-0.1, -0.05) is 0 Å². The maximum atomic E-state index is 13.5. The molecule has 3 saturated heterocycles. The van der Waals surface area contributed by atoms with E-state index in [0.717, 1.165) is 45.0 Å². The van der Waals surface area contributed by atoms with Gasteiger partial charge in [-0.15, -0.1) is 12.4 Å². The number of aromatic amines is 1. The maximum Gasteiger partial charge on any atom is 0.340 e. The lowest BCUT2D eigenvalue weighted by Crippen LogP contribution is -2.50. The average Bonchev–Trinajstić information content (AvgIpc) is 2.98. The predicted molar refractivity (Wildman–Crippen MR) is 90.2 cm³/mol. The van der Waals surface area contributed by atoms with Crippen molar-refractivity contribution in [3.63, 3.8) is 0 Å². The summed E-state index contributed by atoms with van der Waals surface area (Å²) >= 11 is 0. The Labute approximate surface area is 145 Å². The van der Waals surface area contributed by atoms with E-state index in [-0.39, 0.29) is 17.8 Å². The number of phenolic OH excluding ortho intramolecular Hbond substituents is 1. The number of H-pyrrole nitrogens is 1. The number of halogens is 2. The summed E-state index contributed by atoms with van der Waals surface area (Å²) in [5.41, 5.74) is 0.934. The lowest BCUT2D eigenvalue weighted by molar-refractivity contribution is -0.0304. The van der Waals surface area contributed by atoms with Gasteiger partial charge in [-0.2, -0.15) is 0 Å². The number of ether oxygens (including phenoxy) is 1. The van der Waals surface area contributed by atoms with Crippen LogP contribution in [-0.4, -0.2) is 47.2 Å². The van der Waals surface area contributed by atoms with E-state index in [1.165, 1.54) is 12.3 Å². The third kappa shape index (κ3) is 2.84. The number of nitrogens with one attached hydrogen (secondary N) is 1. The van der Waals surface area contributed by atoms with Gasteiger partial charge < -0.3 is 19.7 Å². The number of rotatable bonds is 3. The Hall–Kier alpha value is -1.79. The van der Waals surface area contributed by atoms with E-state index in [1.807, 2.05) is 0 Å². The normalized spacial score (nSPS) is 25.5. The Kier molecular flexibility index (Phi) is 4.44. The highest BCUT2D eigenvalue weighted by atomic mass is 35.5. The molecule has 130 valence electrons. The van der Waals surface area contributed by atoms with E-state index < -0.39 is 17.5 Å². The molecule has 2 bridgehead atoms. The van der Waals surface area contributed by atoms with Gasteiger partial charge in [0.1, 0.15) is 0 Å². The number of fused-ring (bicyclic) bond motifs is 4. The van der Waals surface area contributed by atoms with Crippen LogP contribution in [0.1, 0.15) is 29.6 Å². The molecular weight excluding hydrogens is 335 g/mol. The summed E-state index contributed by atoms with van der Waals surface area (Å²) in [5, 5.41) is 9.83. The zero-order valence-corrected chi connectivity index (χ0v) is 14.0. The number of benzene rings is 1. The first-order valence-electron chi connectivity index (χ1n) is 7.95. The van der Waals surface area contributed by atoms with Crippen LogP contribution in [0.25, 0.3) is 10.9 Å². The zero-order valence-electron chi connectivity index (χ0n) is 13.2. The van der Waals surface area contributed by atoms with E-state index in [4.69, 9.17) is 4.74 Å². The molecule has 2 aromatic rings. The number of aromatic hydroxyl groups is 1. The fourth-order valence-corrected chi connectivity index (χ4v) is 3.71. The van der Waals surface area contributed by atoms with Crippen molar-refractivity contribution in [3.05, 3.63) is 29.7 Å². The number of phenols is 1. The minimum Gasteiger partial charge on any atom is -0.505 e. The molecule has 5 nitrogen and oxygen atoms in total. The first-order chi connectivity index (χ1) is 11.1. The Morgan fingerprint density at radius 1 is 1.29 bits per heavy atom. The second kappa shape index (κ2) is 6.26. The molecule has 0 aliphatic carbocycles. The monoisotopic (exact) mass is 354 g/mol. The van der Waals surface area contributed by atoms with Crippen molar-refractivity contribution in [2.24, 2.45) is 5.41 Å². The molecule has 0 spiro atoms. The van der Waals surface area contributed by atoms with Crippen LogP contribution in [0.5, 0.6) is 5.75 Å². The van der Waals surface area contributed by atoms with Gasteiger partial charge in [0, 0.05) is 23.1 Å². The second-order valence-corrected chi connectivity index (χ2v) is 6.72. The topological polar surface area (TPSA) is 65.6 Å². The summed E-state index contributed by atoms with van der Waals surface area (Å²) in [7, 11) is 0. The molecule has 0 saturated carbocycles. The summed E-state index contributed by atoms with van der Waals surface area (Å²) in [4.78, 5) is 17.7.